The predicted molar refractivity (Wildman–Crippen MR) is 70.8 cm³/mol. The van der Waals surface area contributed by atoms with Crippen LogP contribution in [-0.4, -0.2) is 36.9 Å². The van der Waals surface area contributed by atoms with Crippen LogP contribution in [0.2, 0.25) is 0 Å². The number of rotatable bonds is 4. The summed E-state index contributed by atoms with van der Waals surface area (Å²) in [5.41, 5.74) is 0.828. The van der Waals surface area contributed by atoms with E-state index in [1.807, 2.05) is 0 Å². The molecule has 18 heavy (non-hydrogen) atoms. The molecule has 1 N–H and O–H groups in total. The molecule has 0 spiro atoms. The molecule has 0 saturated heterocycles. The Morgan fingerprint density at radius 3 is 2.89 bits per heavy atom. The van der Waals surface area contributed by atoms with Crippen LogP contribution < -0.4 is 5.32 Å². The van der Waals surface area contributed by atoms with E-state index in [9.17, 15) is 0 Å². The first-order valence-electron chi connectivity index (χ1n) is 5.86. The van der Waals surface area contributed by atoms with Crippen molar-refractivity contribution in [2.45, 2.75) is 32.6 Å². The number of nitrogens with one attached hydrogen (secondary N) is 1. The molecule has 0 amide bonds. The molecular weight excluding hydrogens is 252 g/mol. The second kappa shape index (κ2) is 5.06. The maximum Gasteiger partial charge on any atom is 0.199 e. The number of anilines is 1. The Balaban J connectivity index is 2.00. The summed E-state index contributed by atoms with van der Waals surface area (Å²) < 4.78 is 1.60. The number of alkyl halides is 1. The lowest BCUT2D eigenvalue weighted by molar-refractivity contribution is 0.373. The molecule has 0 aliphatic rings. The van der Waals surface area contributed by atoms with Gasteiger partial charge in [0, 0.05) is 6.54 Å². The van der Waals surface area contributed by atoms with E-state index >= 15 is 0 Å². The van der Waals surface area contributed by atoms with Gasteiger partial charge in [-0.2, -0.15) is 4.52 Å². The molecule has 2 heterocycles. The molecule has 0 aliphatic heterocycles. The van der Waals surface area contributed by atoms with Gasteiger partial charge in [0.15, 0.2) is 5.65 Å². The summed E-state index contributed by atoms with van der Waals surface area (Å²) in [6, 6.07) is 0. The highest BCUT2D eigenvalue weighted by Crippen LogP contribution is 2.23. The SMILES string of the molecule is CC(C)(C)CC(Cl)CNc1cncc2nnnn12. The summed E-state index contributed by atoms with van der Waals surface area (Å²) in [6.07, 6.45) is 4.23. The van der Waals surface area contributed by atoms with Crippen molar-refractivity contribution < 1.29 is 0 Å². The largest absolute Gasteiger partial charge is 0.367 e. The van der Waals surface area contributed by atoms with Crippen LogP contribution in [0.4, 0.5) is 5.82 Å². The summed E-state index contributed by atoms with van der Waals surface area (Å²) in [6.45, 7) is 7.17. The van der Waals surface area contributed by atoms with Crippen LogP contribution in [-0.2, 0) is 0 Å². The quantitative estimate of drug-likeness (QED) is 0.859. The average Bonchev–Trinajstić information content (AvgIpc) is 2.72. The monoisotopic (exact) mass is 268 g/mol. The third-order valence-electron chi connectivity index (χ3n) is 2.45. The molecule has 1 unspecified atom stereocenters. The highest BCUT2D eigenvalue weighted by Gasteiger charge is 2.17. The summed E-state index contributed by atoms with van der Waals surface area (Å²) in [5.74, 6) is 0.747. The molecule has 0 bridgehead atoms. The molecule has 0 saturated carbocycles. The number of halogens is 1. The van der Waals surface area contributed by atoms with Crippen LogP contribution in [0, 0.1) is 5.41 Å². The molecule has 0 radical (unpaired) electrons. The van der Waals surface area contributed by atoms with Gasteiger partial charge in [0.1, 0.15) is 5.82 Å². The minimum Gasteiger partial charge on any atom is -0.367 e. The first kappa shape index (κ1) is 13.0. The molecule has 2 aromatic rings. The molecule has 1 atom stereocenters. The van der Waals surface area contributed by atoms with Crippen LogP contribution >= 0.6 is 11.6 Å². The maximum atomic E-state index is 6.30. The Hall–Kier alpha value is -1.43. The van der Waals surface area contributed by atoms with E-state index < -0.39 is 0 Å². The molecule has 2 aromatic heterocycles. The highest BCUT2D eigenvalue weighted by atomic mass is 35.5. The molecule has 98 valence electrons. The number of fused-ring (bicyclic) bond motifs is 1. The Bertz CT molecular complexity index is 517. The first-order valence-corrected chi connectivity index (χ1v) is 6.29. The van der Waals surface area contributed by atoms with E-state index in [2.05, 4.69) is 46.6 Å². The van der Waals surface area contributed by atoms with Crippen molar-refractivity contribution in [2.24, 2.45) is 5.41 Å². The molecule has 7 heteroatoms. The number of aromatic nitrogens is 5. The second-order valence-electron chi connectivity index (χ2n) is 5.48. The zero-order chi connectivity index (χ0) is 13.2. The van der Waals surface area contributed by atoms with Gasteiger partial charge in [-0.3, -0.25) is 4.98 Å². The van der Waals surface area contributed by atoms with Crippen molar-refractivity contribution in [2.75, 3.05) is 11.9 Å². The number of hydrogen-bond acceptors (Lipinski definition) is 5. The standard InChI is InChI=1S/C11H17ClN6/c1-11(2,3)4-8(12)5-14-9-6-13-7-10-15-16-17-18(9)10/h6-8,14H,4-5H2,1-3H3. The smallest absolute Gasteiger partial charge is 0.199 e. The summed E-state index contributed by atoms with van der Waals surface area (Å²) >= 11 is 6.30. The molecular formula is C11H17ClN6. The normalized spacial score (nSPS) is 13.8. The fraction of sp³-hybridized carbons (Fsp3) is 0.636. The fourth-order valence-corrected chi connectivity index (χ4v) is 2.29. The summed E-state index contributed by atoms with van der Waals surface area (Å²) in [4.78, 5) is 4.07. The van der Waals surface area contributed by atoms with Crippen molar-refractivity contribution in [1.82, 2.24) is 25.0 Å². The van der Waals surface area contributed by atoms with E-state index in [1.54, 1.807) is 16.9 Å². The van der Waals surface area contributed by atoms with Gasteiger partial charge in [-0.15, -0.1) is 16.7 Å². The van der Waals surface area contributed by atoms with E-state index in [4.69, 9.17) is 11.6 Å². The van der Waals surface area contributed by atoms with Crippen LogP contribution in [0.5, 0.6) is 0 Å². The van der Waals surface area contributed by atoms with Crippen LogP contribution in [0.15, 0.2) is 12.4 Å². The predicted octanol–water partition coefficient (Wildman–Crippen LogP) is 1.97. The second-order valence-corrected chi connectivity index (χ2v) is 6.10. The van der Waals surface area contributed by atoms with Gasteiger partial charge in [-0.05, 0) is 22.3 Å². The minimum absolute atomic E-state index is 0.0525. The van der Waals surface area contributed by atoms with Crippen LogP contribution in [0.1, 0.15) is 27.2 Å². The fourth-order valence-electron chi connectivity index (χ4n) is 1.75. The maximum absolute atomic E-state index is 6.30. The van der Waals surface area contributed by atoms with Gasteiger partial charge in [-0.1, -0.05) is 20.8 Å². The Morgan fingerprint density at radius 1 is 1.39 bits per heavy atom. The summed E-state index contributed by atoms with van der Waals surface area (Å²) in [5, 5.41) is 14.6. The minimum atomic E-state index is 0.0525. The Morgan fingerprint density at radius 2 is 2.17 bits per heavy atom. The lowest BCUT2D eigenvalue weighted by Gasteiger charge is -2.22. The molecule has 0 fully saturated rings. The zero-order valence-electron chi connectivity index (χ0n) is 10.8. The van der Waals surface area contributed by atoms with Gasteiger partial charge < -0.3 is 5.32 Å². The lowest BCUT2D eigenvalue weighted by Crippen LogP contribution is -2.21. The topological polar surface area (TPSA) is 68.0 Å². The number of tetrazole rings is 1. The van der Waals surface area contributed by atoms with Crippen LogP contribution in [0.25, 0.3) is 5.65 Å². The van der Waals surface area contributed by atoms with Crippen molar-refractivity contribution >= 4 is 23.1 Å². The average molecular weight is 269 g/mol. The molecule has 0 aliphatic carbocycles. The van der Waals surface area contributed by atoms with Gasteiger partial charge in [0.05, 0.1) is 17.8 Å². The zero-order valence-corrected chi connectivity index (χ0v) is 11.5. The van der Waals surface area contributed by atoms with E-state index in [0.717, 1.165) is 12.2 Å². The van der Waals surface area contributed by atoms with Gasteiger partial charge in [0.25, 0.3) is 0 Å². The summed E-state index contributed by atoms with van der Waals surface area (Å²) in [7, 11) is 0. The number of nitrogens with zero attached hydrogens (tertiary/aromatic N) is 5. The lowest BCUT2D eigenvalue weighted by atomic mass is 9.90. The van der Waals surface area contributed by atoms with Gasteiger partial charge >= 0.3 is 0 Å². The van der Waals surface area contributed by atoms with Crippen molar-refractivity contribution in [1.29, 1.82) is 0 Å². The third kappa shape index (κ3) is 3.29. The van der Waals surface area contributed by atoms with Crippen LogP contribution in [0.3, 0.4) is 0 Å². The van der Waals surface area contributed by atoms with Gasteiger partial charge in [-0.25, -0.2) is 0 Å². The Labute approximate surface area is 111 Å². The van der Waals surface area contributed by atoms with E-state index in [1.165, 1.54) is 0 Å². The molecule has 6 nitrogen and oxygen atoms in total. The first-order chi connectivity index (χ1) is 8.46. The number of hydrogen-bond donors (Lipinski definition) is 1. The van der Waals surface area contributed by atoms with E-state index in [-0.39, 0.29) is 10.8 Å². The third-order valence-corrected chi connectivity index (χ3v) is 2.76. The van der Waals surface area contributed by atoms with Crippen molar-refractivity contribution in [3.63, 3.8) is 0 Å². The van der Waals surface area contributed by atoms with Gasteiger partial charge in [0.2, 0.25) is 0 Å². The Kier molecular flexibility index (Phi) is 3.65. The molecule has 0 aromatic carbocycles. The highest BCUT2D eigenvalue weighted by molar-refractivity contribution is 6.20. The van der Waals surface area contributed by atoms with Crippen molar-refractivity contribution in [3.05, 3.63) is 12.4 Å². The molecule has 2 rings (SSSR count). The van der Waals surface area contributed by atoms with Crippen molar-refractivity contribution in [3.8, 4) is 0 Å². The van der Waals surface area contributed by atoms with E-state index in [0.29, 0.717) is 12.2 Å².